The Morgan fingerprint density at radius 2 is 1.89 bits per heavy atom. The molecule has 1 aliphatic carbocycles. The Balaban J connectivity index is 1.87. The van der Waals surface area contributed by atoms with E-state index in [0.717, 1.165) is 30.5 Å². The van der Waals surface area contributed by atoms with E-state index >= 15 is 0 Å². The van der Waals surface area contributed by atoms with Crippen molar-refractivity contribution in [2.45, 2.75) is 44.8 Å². The minimum absolute atomic E-state index is 0.251. The number of anilines is 2. The van der Waals surface area contributed by atoms with Gasteiger partial charge in [0.05, 0.1) is 12.2 Å². The van der Waals surface area contributed by atoms with Crippen LogP contribution in [0.1, 0.15) is 38.4 Å². The molecule has 104 valence electrons. The van der Waals surface area contributed by atoms with E-state index in [4.69, 9.17) is 9.72 Å². The van der Waals surface area contributed by atoms with Crippen LogP contribution < -0.4 is 10.2 Å². The monoisotopic (exact) mass is 262 g/mol. The van der Waals surface area contributed by atoms with E-state index in [2.05, 4.69) is 29.0 Å². The van der Waals surface area contributed by atoms with Crippen LogP contribution in [0.5, 0.6) is 0 Å². The van der Waals surface area contributed by atoms with E-state index in [1.165, 1.54) is 12.8 Å². The summed E-state index contributed by atoms with van der Waals surface area (Å²) in [5, 5.41) is 3.14. The number of hydrogen-bond donors (Lipinski definition) is 1. The highest BCUT2D eigenvalue weighted by Gasteiger charge is 2.29. The quantitative estimate of drug-likeness (QED) is 0.903. The van der Waals surface area contributed by atoms with Gasteiger partial charge in [0.25, 0.3) is 0 Å². The lowest BCUT2D eigenvalue weighted by molar-refractivity contribution is -0.00547. The van der Waals surface area contributed by atoms with Crippen molar-refractivity contribution in [1.82, 2.24) is 9.97 Å². The summed E-state index contributed by atoms with van der Waals surface area (Å²) in [6.07, 6.45) is 2.95. The average Bonchev–Trinajstić information content (AvgIpc) is 3.21. The normalized spacial score (nSPS) is 27.4. The van der Waals surface area contributed by atoms with E-state index in [9.17, 15) is 0 Å². The van der Waals surface area contributed by atoms with E-state index in [-0.39, 0.29) is 12.2 Å². The van der Waals surface area contributed by atoms with Crippen molar-refractivity contribution in [3.05, 3.63) is 11.9 Å². The number of ether oxygens (including phenoxy) is 1. The van der Waals surface area contributed by atoms with Crippen LogP contribution in [0.2, 0.25) is 0 Å². The smallest absolute Gasteiger partial charge is 0.136 e. The van der Waals surface area contributed by atoms with Crippen LogP contribution in [-0.2, 0) is 4.74 Å². The second kappa shape index (κ2) is 4.96. The third-order valence-corrected chi connectivity index (χ3v) is 3.67. The molecule has 2 heterocycles. The summed E-state index contributed by atoms with van der Waals surface area (Å²) in [6.45, 7) is 6.03. The molecule has 1 aromatic rings. The first-order valence-corrected chi connectivity index (χ1v) is 7.13. The molecule has 0 amide bonds. The zero-order valence-electron chi connectivity index (χ0n) is 11.9. The minimum atomic E-state index is 0.251. The molecule has 1 aliphatic heterocycles. The van der Waals surface area contributed by atoms with Crippen LogP contribution in [0.25, 0.3) is 0 Å². The van der Waals surface area contributed by atoms with Crippen LogP contribution in [0, 0.1) is 0 Å². The molecule has 0 aromatic carbocycles. The SMILES string of the molecule is CNc1cc(N2CC(C)OC(C)C2)nc(C2CC2)n1. The molecule has 1 aromatic heterocycles. The predicted molar refractivity (Wildman–Crippen MR) is 75.8 cm³/mol. The summed E-state index contributed by atoms with van der Waals surface area (Å²) >= 11 is 0. The molecule has 2 unspecified atom stereocenters. The fraction of sp³-hybridized carbons (Fsp3) is 0.714. The first-order valence-electron chi connectivity index (χ1n) is 7.13. The summed E-state index contributed by atoms with van der Waals surface area (Å²) in [5.74, 6) is 3.51. The molecule has 3 rings (SSSR count). The standard InChI is InChI=1S/C14H22N4O/c1-9-7-18(8-10(2)19-9)13-6-12(15-3)16-14(17-13)11-4-5-11/h6,9-11H,4-5,7-8H2,1-3H3,(H,15,16,17). The molecule has 0 spiro atoms. The van der Waals surface area contributed by atoms with Gasteiger partial charge in [-0.2, -0.15) is 0 Å². The molecule has 19 heavy (non-hydrogen) atoms. The van der Waals surface area contributed by atoms with Gasteiger partial charge in [-0.3, -0.25) is 0 Å². The number of nitrogens with zero attached hydrogens (tertiary/aromatic N) is 3. The number of morpholine rings is 1. The van der Waals surface area contributed by atoms with Gasteiger partial charge >= 0.3 is 0 Å². The zero-order valence-corrected chi connectivity index (χ0v) is 11.9. The van der Waals surface area contributed by atoms with E-state index in [0.29, 0.717) is 5.92 Å². The fourth-order valence-electron chi connectivity index (χ4n) is 2.63. The lowest BCUT2D eigenvalue weighted by Crippen LogP contribution is -2.46. The molecule has 1 saturated carbocycles. The van der Waals surface area contributed by atoms with Crippen molar-refractivity contribution in [3.63, 3.8) is 0 Å². The second-order valence-electron chi connectivity index (χ2n) is 5.66. The highest BCUT2D eigenvalue weighted by atomic mass is 16.5. The maximum absolute atomic E-state index is 5.78. The third kappa shape index (κ3) is 2.81. The van der Waals surface area contributed by atoms with Crippen molar-refractivity contribution in [1.29, 1.82) is 0 Å². The zero-order chi connectivity index (χ0) is 13.4. The molecule has 1 N–H and O–H groups in total. The molecule has 2 atom stereocenters. The first-order chi connectivity index (χ1) is 9.15. The Bertz CT molecular complexity index is 451. The van der Waals surface area contributed by atoms with Crippen molar-refractivity contribution < 1.29 is 4.74 Å². The maximum Gasteiger partial charge on any atom is 0.136 e. The Hall–Kier alpha value is -1.36. The highest BCUT2D eigenvalue weighted by Crippen LogP contribution is 2.39. The van der Waals surface area contributed by atoms with Gasteiger partial charge in [0.15, 0.2) is 0 Å². The first kappa shape index (κ1) is 12.7. The lowest BCUT2D eigenvalue weighted by Gasteiger charge is -2.36. The van der Waals surface area contributed by atoms with Gasteiger partial charge < -0.3 is 15.0 Å². The van der Waals surface area contributed by atoms with Crippen molar-refractivity contribution in [2.75, 3.05) is 30.4 Å². The van der Waals surface area contributed by atoms with Gasteiger partial charge in [-0.15, -0.1) is 0 Å². The Kier molecular flexibility index (Phi) is 3.31. The topological polar surface area (TPSA) is 50.3 Å². The van der Waals surface area contributed by atoms with Crippen molar-refractivity contribution in [2.24, 2.45) is 0 Å². The summed E-state index contributed by atoms with van der Waals surface area (Å²) in [4.78, 5) is 11.6. The van der Waals surface area contributed by atoms with Crippen LogP contribution in [0.15, 0.2) is 6.07 Å². The van der Waals surface area contributed by atoms with Gasteiger partial charge in [-0.05, 0) is 26.7 Å². The molecule has 1 saturated heterocycles. The Labute approximate surface area is 114 Å². The Morgan fingerprint density at radius 3 is 2.47 bits per heavy atom. The Morgan fingerprint density at radius 1 is 1.21 bits per heavy atom. The van der Waals surface area contributed by atoms with E-state index in [1.807, 2.05) is 13.1 Å². The third-order valence-electron chi connectivity index (χ3n) is 3.67. The van der Waals surface area contributed by atoms with Crippen molar-refractivity contribution >= 4 is 11.6 Å². The summed E-state index contributed by atoms with van der Waals surface area (Å²) in [5.41, 5.74) is 0. The fourth-order valence-corrected chi connectivity index (χ4v) is 2.63. The molecule has 5 heteroatoms. The number of rotatable bonds is 3. The van der Waals surface area contributed by atoms with Gasteiger partial charge in [0.1, 0.15) is 17.5 Å². The molecule has 2 aliphatic rings. The largest absolute Gasteiger partial charge is 0.373 e. The second-order valence-corrected chi connectivity index (χ2v) is 5.66. The number of nitrogens with one attached hydrogen (secondary N) is 1. The maximum atomic E-state index is 5.78. The van der Waals surface area contributed by atoms with Crippen LogP contribution >= 0.6 is 0 Å². The molecule has 0 radical (unpaired) electrons. The van der Waals surface area contributed by atoms with Gasteiger partial charge in [-0.1, -0.05) is 0 Å². The molecular weight excluding hydrogens is 240 g/mol. The van der Waals surface area contributed by atoms with Crippen LogP contribution in [0.3, 0.4) is 0 Å². The van der Waals surface area contributed by atoms with Gasteiger partial charge in [-0.25, -0.2) is 9.97 Å². The number of aromatic nitrogens is 2. The van der Waals surface area contributed by atoms with Crippen LogP contribution in [0.4, 0.5) is 11.6 Å². The number of hydrogen-bond acceptors (Lipinski definition) is 5. The summed E-state index contributed by atoms with van der Waals surface area (Å²) in [6, 6.07) is 2.04. The summed E-state index contributed by atoms with van der Waals surface area (Å²) < 4.78 is 5.78. The van der Waals surface area contributed by atoms with Crippen LogP contribution in [-0.4, -0.2) is 42.3 Å². The van der Waals surface area contributed by atoms with Gasteiger partial charge in [0.2, 0.25) is 0 Å². The van der Waals surface area contributed by atoms with Crippen molar-refractivity contribution in [3.8, 4) is 0 Å². The average molecular weight is 262 g/mol. The predicted octanol–water partition coefficient (Wildman–Crippen LogP) is 2.01. The lowest BCUT2D eigenvalue weighted by atomic mass is 10.2. The minimum Gasteiger partial charge on any atom is -0.373 e. The van der Waals surface area contributed by atoms with E-state index < -0.39 is 0 Å². The highest BCUT2D eigenvalue weighted by molar-refractivity contribution is 5.50. The molecule has 0 bridgehead atoms. The molecule has 2 fully saturated rings. The van der Waals surface area contributed by atoms with Gasteiger partial charge in [0, 0.05) is 32.1 Å². The molecule has 5 nitrogen and oxygen atoms in total. The van der Waals surface area contributed by atoms with E-state index in [1.54, 1.807) is 0 Å². The summed E-state index contributed by atoms with van der Waals surface area (Å²) in [7, 11) is 1.91. The molecular formula is C14H22N4O.